The van der Waals surface area contributed by atoms with Gasteiger partial charge in [0.15, 0.2) is 5.82 Å². The predicted octanol–water partition coefficient (Wildman–Crippen LogP) is 1.16. The molecule has 19 heavy (non-hydrogen) atoms. The van der Waals surface area contributed by atoms with Gasteiger partial charge in [-0.3, -0.25) is 4.79 Å². The first-order valence-corrected chi connectivity index (χ1v) is 7.35. The van der Waals surface area contributed by atoms with Crippen molar-refractivity contribution in [2.75, 3.05) is 24.5 Å². The smallest absolute Gasteiger partial charge is 0.293 e. The van der Waals surface area contributed by atoms with Gasteiger partial charge >= 0.3 is 0 Å². The fourth-order valence-electron chi connectivity index (χ4n) is 2.86. The minimum absolute atomic E-state index is 0.0883. The lowest BCUT2D eigenvalue weighted by Crippen LogP contribution is -2.42. The van der Waals surface area contributed by atoms with E-state index in [4.69, 9.17) is 0 Å². The van der Waals surface area contributed by atoms with Crippen molar-refractivity contribution in [1.29, 1.82) is 0 Å². The Balaban J connectivity index is 1.92. The third-order valence-electron chi connectivity index (χ3n) is 4.00. The first-order valence-electron chi connectivity index (χ1n) is 7.35. The standard InChI is InChI=1S/C14H22N4O/c1-2-8-17(12-5-6-15-10-12)13-14(19)18(9-7-16-13)11-3-4-11/h7,9,11-12,15H,2-6,8,10H2,1H3. The van der Waals surface area contributed by atoms with Crippen LogP contribution in [0.15, 0.2) is 17.2 Å². The molecule has 1 aliphatic heterocycles. The molecule has 0 bridgehead atoms. The molecule has 2 fully saturated rings. The number of aromatic nitrogens is 2. The summed E-state index contributed by atoms with van der Waals surface area (Å²) >= 11 is 0. The average Bonchev–Trinajstić information content (AvgIpc) is 3.12. The first-order chi connectivity index (χ1) is 9.31. The van der Waals surface area contributed by atoms with Crippen molar-refractivity contribution in [3.8, 4) is 0 Å². The first kappa shape index (κ1) is 12.7. The molecule has 0 spiro atoms. The van der Waals surface area contributed by atoms with Crippen LogP contribution >= 0.6 is 0 Å². The van der Waals surface area contributed by atoms with E-state index < -0.39 is 0 Å². The molecule has 2 heterocycles. The van der Waals surface area contributed by atoms with Crippen LogP contribution < -0.4 is 15.8 Å². The van der Waals surface area contributed by atoms with Crippen molar-refractivity contribution in [3.63, 3.8) is 0 Å². The van der Waals surface area contributed by atoms with E-state index in [1.165, 1.54) is 0 Å². The molecule has 1 atom stereocenters. The third kappa shape index (κ3) is 2.52. The van der Waals surface area contributed by atoms with E-state index in [0.29, 0.717) is 17.9 Å². The van der Waals surface area contributed by atoms with Gasteiger partial charge in [0.25, 0.3) is 5.56 Å². The maximum absolute atomic E-state index is 12.6. The molecule has 0 amide bonds. The summed E-state index contributed by atoms with van der Waals surface area (Å²) in [5, 5.41) is 3.37. The molecule has 1 saturated carbocycles. The van der Waals surface area contributed by atoms with E-state index in [9.17, 15) is 4.79 Å². The van der Waals surface area contributed by atoms with Crippen molar-refractivity contribution >= 4 is 5.82 Å². The Kier molecular flexibility index (Phi) is 3.55. The highest BCUT2D eigenvalue weighted by Gasteiger charge is 2.29. The van der Waals surface area contributed by atoms with Crippen LogP contribution in [-0.4, -0.2) is 35.2 Å². The van der Waals surface area contributed by atoms with Crippen molar-refractivity contribution < 1.29 is 0 Å². The van der Waals surface area contributed by atoms with Crippen LogP contribution in [0.2, 0.25) is 0 Å². The second-order valence-corrected chi connectivity index (χ2v) is 5.53. The zero-order valence-corrected chi connectivity index (χ0v) is 11.5. The maximum Gasteiger partial charge on any atom is 0.293 e. The van der Waals surface area contributed by atoms with Crippen molar-refractivity contribution in [3.05, 3.63) is 22.7 Å². The van der Waals surface area contributed by atoms with Crippen LogP contribution in [0.1, 0.15) is 38.6 Å². The quantitative estimate of drug-likeness (QED) is 0.865. The van der Waals surface area contributed by atoms with Crippen LogP contribution in [0.4, 0.5) is 5.82 Å². The summed E-state index contributed by atoms with van der Waals surface area (Å²) < 4.78 is 1.87. The Morgan fingerprint density at radius 1 is 1.47 bits per heavy atom. The molecule has 104 valence electrons. The fourth-order valence-corrected chi connectivity index (χ4v) is 2.86. The second kappa shape index (κ2) is 5.33. The fraction of sp³-hybridized carbons (Fsp3) is 0.714. The van der Waals surface area contributed by atoms with Gasteiger partial charge < -0.3 is 14.8 Å². The molecule has 1 aromatic rings. The Morgan fingerprint density at radius 2 is 2.32 bits per heavy atom. The number of hydrogen-bond donors (Lipinski definition) is 1. The van der Waals surface area contributed by atoms with Gasteiger partial charge in [-0.25, -0.2) is 4.98 Å². The summed E-state index contributed by atoms with van der Waals surface area (Å²) in [4.78, 5) is 19.1. The summed E-state index contributed by atoms with van der Waals surface area (Å²) in [6.45, 7) is 5.05. The van der Waals surface area contributed by atoms with E-state index in [1.807, 2.05) is 10.8 Å². The number of anilines is 1. The zero-order chi connectivity index (χ0) is 13.2. The molecule has 0 radical (unpaired) electrons. The molecular formula is C14H22N4O. The van der Waals surface area contributed by atoms with Crippen LogP contribution in [0, 0.1) is 0 Å². The average molecular weight is 262 g/mol. The van der Waals surface area contributed by atoms with Gasteiger partial charge in [-0.1, -0.05) is 6.92 Å². The highest BCUT2D eigenvalue weighted by atomic mass is 16.1. The lowest BCUT2D eigenvalue weighted by Gasteiger charge is -2.28. The number of hydrogen-bond acceptors (Lipinski definition) is 4. The van der Waals surface area contributed by atoms with Crippen molar-refractivity contribution in [2.45, 2.75) is 44.7 Å². The second-order valence-electron chi connectivity index (χ2n) is 5.53. The van der Waals surface area contributed by atoms with Gasteiger partial charge in [-0.05, 0) is 32.2 Å². The van der Waals surface area contributed by atoms with Crippen LogP contribution in [-0.2, 0) is 0 Å². The lowest BCUT2D eigenvalue weighted by molar-refractivity contribution is 0.602. The van der Waals surface area contributed by atoms with Crippen LogP contribution in [0.5, 0.6) is 0 Å². The number of rotatable bonds is 5. The molecular weight excluding hydrogens is 240 g/mol. The molecule has 2 aliphatic rings. The Morgan fingerprint density at radius 3 is 2.95 bits per heavy atom. The summed E-state index contributed by atoms with van der Waals surface area (Å²) in [6.07, 6.45) is 8.00. The minimum atomic E-state index is 0.0883. The Bertz CT molecular complexity index is 488. The van der Waals surface area contributed by atoms with Gasteiger partial charge in [-0.15, -0.1) is 0 Å². The van der Waals surface area contributed by atoms with Gasteiger partial charge in [0, 0.05) is 37.6 Å². The van der Waals surface area contributed by atoms with E-state index >= 15 is 0 Å². The van der Waals surface area contributed by atoms with Crippen molar-refractivity contribution in [2.24, 2.45) is 0 Å². The normalized spacial score (nSPS) is 22.7. The monoisotopic (exact) mass is 262 g/mol. The molecule has 1 unspecified atom stereocenters. The predicted molar refractivity (Wildman–Crippen MR) is 75.7 cm³/mol. The number of nitrogens with one attached hydrogen (secondary N) is 1. The van der Waals surface area contributed by atoms with E-state index in [1.54, 1.807) is 6.20 Å². The molecule has 1 N–H and O–H groups in total. The zero-order valence-electron chi connectivity index (χ0n) is 11.5. The van der Waals surface area contributed by atoms with E-state index in [-0.39, 0.29) is 5.56 Å². The summed E-state index contributed by atoms with van der Waals surface area (Å²) in [7, 11) is 0. The topological polar surface area (TPSA) is 50.2 Å². The van der Waals surface area contributed by atoms with Gasteiger partial charge in [0.05, 0.1) is 0 Å². The van der Waals surface area contributed by atoms with Crippen LogP contribution in [0.25, 0.3) is 0 Å². The van der Waals surface area contributed by atoms with E-state index in [0.717, 1.165) is 45.3 Å². The minimum Gasteiger partial charge on any atom is -0.348 e. The molecule has 5 heteroatoms. The van der Waals surface area contributed by atoms with Crippen LogP contribution in [0.3, 0.4) is 0 Å². The highest BCUT2D eigenvalue weighted by molar-refractivity contribution is 5.38. The largest absolute Gasteiger partial charge is 0.348 e. The SMILES string of the molecule is CCCN(c1nccn(C2CC2)c1=O)C1CCNC1. The maximum atomic E-state index is 12.6. The molecule has 1 aromatic heterocycles. The Labute approximate surface area is 113 Å². The van der Waals surface area contributed by atoms with Crippen molar-refractivity contribution in [1.82, 2.24) is 14.9 Å². The highest BCUT2D eigenvalue weighted by Crippen LogP contribution is 2.33. The number of nitrogens with zero attached hydrogens (tertiary/aromatic N) is 3. The molecule has 3 rings (SSSR count). The van der Waals surface area contributed by atoms with E-state index in [2.05, 4.69) is 22.1 Å². The molecule has 1 aliphatic carbocycles. The summed E-state index contributed by atoms with van der Waals surface area (Å²) in [5.41, 5.74) is 0.0883. The van der Waals surface area contributed by atoms with Gasteiger partial charge in [-0.2, -0.15) is 0 Å². The molecule has 1 saturated heterocycles. The molecule has 5 nitrogen and oxygen atoms in total. The lowest BCUT2D eigenvalue weighted by atomic mass is 10.2. The summed E-state index contributed by atoms with van der Waals surface area (Å²) in [5.74, 6) is 0.643. The summed E-state index contributed by atoms with van der Waals surface area (Å²) in [6, 6.07) is 0.828. The van der Waals surface area contributed by atoms with Gasteiger partial charge in [0.2, 0.25) is 0 Å². The third-order valence-corrected chi connectivity index (χ3v) is 4.00. The molecule has 0 aromatic carbocycles. The Hall–Kier alpha value is -1.36. The van der Waals surface area contributed by atoms with Gasteiger partial charge in [0.1, 0.15) is 0 Å².